The Kier molecular flexibility index (Phi) is 6.76. The van der Waals surface area contributed by atoms with E-state index in [1.807, 2.05) is 25.1 Å². The van der Waals surface area contributed by atoms with E-state index in [9.17, 15) is 13.2 Å². The fourth-order valence-corrected chi connectivity index (χ4v) is 4.65. The van der Waals surface area contributed by atoms with Crippen molar-refractivity contribution < 1.29 is 17.9 Å². The summed E-state index contributed by atoms with van der Waals surface area (Å²) in [6, 6.07) is 14.6. The maximum atomic E-state index is 13.0. The highest BCUT2D eigenvalue weighted by molar-refractivity contribution is 7.89. The van der Waals surface area contributed by atoms with Gasteiger partial charge in [0.2, 0.25) is 10.0 Å². The number of para-hydroxylation sites is 1. The Labute approximate surface area is 172 Å². The number of anilines is 1. The summed E-state index contributed by atoms with van der Waals surface area (Å²) in [5, 5.41) is 0. The van der Waals surface area contributed by atoms with Crippen LogP contribution in [0.3, 0.4) is 0 Å². The third kappa shape index (κ3) is 4.89. The van der Waals surface area contributed by atoms with E-state index in [-0.39, 0.29) is 16.6 Å². The molecule has 7 nitrogen and oxygen atoms in total. The van der Waals surface area contributed by atoms with Gasteiger partial charge < -0.3 is 14.5 Å². The standard InChI is InChI=1S/C21H27N3O4S/c1-3-11-22-29(26,27)20-16-17(9-10-19(20)28-2)21(25)24-14-12-23(13-15-24)18-7-5-4-6-8-18/h4-10,16,22H,3,11-15H2,1-2H3. The maximum Gasteiger partial charge on any atom is 0.254 e. The van der Waals surface area contributed by atoms with Crippen molar-refractivity contribution in [1.29, 1.82) is 0 Å². The van der Waals surface area contributed by atoms with Crippen molar-refractivity contribution in [3.05, 3.63) is 54.1 Å². The second kappa shape index (κ2) is 9.28. The molecule has 0 saturated carbocycles. The number of nitrogens with one attached hydrogen (secondary N) is 1. The number of ether oxygens (including phenoxy) is 1. The first-order chi connectivity index (χ1) is 14.0. The molecule has 1 fully saturated rings. The Morgan fingerprint density at radius 2 is 1.76 bits per heavy atom. The lowest BCUT2D eigenvalue weighted by Gasteiger charge is -2.36. The first-order valence-corrected chi connectivity index (χ1v) is 11.2. The van der Waals surface area contributed by atoms with Crippen molar-refractivity contribution in [2.24, 2.45) is 0 Å². The van der Waals surface area contributed by atoms with E-state index in [1.165, 1.54) is 19.2 Å². The van der Waals surface area contributed by atoms with Crippen LogP contribution in [0.15, 0.2) is 53.4 Å². The van der Waals surface area contributed by atoms with E-state index < -0.39 is 10.0 Å². The molecular weight excluding hydrogens is 390 g/mol. The Morgan fingerprint density at radius 3 is 2.38 bits per heavy atom. The summed E-state index contributed by atoms with van der Waals surface area (Å²) >= 11 is 0. The fraction of sp³-hybridized carbons (Fsp3) is 0.381. The third-order valence-electron chi connectivity index (χ3n) is 4.93. The van der Waals surface area contributed by atoms with E-state index in [0.717, 1.165) is 18.8 Å². The molecule has 0 unspecified atom stereocenters. The van der Waals surface area contributed by atoms with Crippen LogP contribution in [0.1, 0.15) is 23.7 Å². The highest BCUT2D eigenvalue weighted by Gasteiger charge is 2.25. The molecule has 1 N–H and O–H groups in total. The minimum Gasteiger partial charge on any atom is -0.495 e. The highest BCUT2D eigenvalue weighted by atomic mass is 32.2. The molecule has 2 aromatic carbocycles. The first kappa shape index (κ1) is 21.1. The molecule has 8 heteroatoms. The van der Waals surface area contributed by atoms with Gasteiger partial charge in [0.1, 0.15) is 10.6 Å². The van der Waals surface area contributed by atoms with Crippen LogP contribution in [0.4, 0.5) is 5.69 Å². The summed E-state index contributed by atoms with van der Waals surface area (Å²) in [5.74, 6) is 0.0476. The molecule has 0 radical (unpaired) electrons. The zero-order valence-electron chi connectivity index (χ0n) is 16.8. The molecule has 1 amide bonds. The van der Waals surface area contributed by atoms with Crippen molar-refractivity contribution in [3.8, 4) is 5.75 Å². The number of amides is 1. The van der Waals surface area contributed by atoms with Gasteiger partial charge in [0.05, 0.1) is 7.11 Å². The number of hydrogen-bond donors (Lipinski definition) is 1. The lowest BCUT2D eigenvalue weighted by molar-refractivity contribution is 0.0746. The van der Waals surface area contributed by atoms with Gasteiger partial charge in [-0.3, -0.25) is 4.79 Å². The minimum atomic E-state index is -3.75. The van der Waals surface area contributed by atoms with Crippen molar-refractivity contribution in [1.82, 2.24) is 9.62 Å². The van der Waals surface area contributed by atoms with E-state index in [4.69, 9.17) is 4.74 Å². The summed E-state index contributed by atoms with van der Waals surface area (Å²) in [7, 11) is -2.34. The lowest BCUT2D eigenvalue weighted by atomic mass is 10.1. The predicted molar refractivity (Wildman–Crippen MR) is 113 cm³/mol. The minimum absolute atomic E-state index is 0.0118. The Morgan fingerprint density at radius 1 is 1.07 bits per heavy atom. The number of piperazine rings is 1. The molecule has 156 valence electrons. The van der Waals surface area contributed by atoms with Gasteiger partial charge in [-0.2, -0.15) is 0 Å². The van der Waals surface area contributed by atoms with Gasteiger partial charge in [-0.25, -0.2) is 13.1 Å². The average Bonchev–Trinajstić information content (AvgIpc) is 2.77. The van der Waals surface area contributed by atoms with Gasteiger partial charge in [-0.15, -0.1) is 0 Å². The number of benzene rings is 2. The van der Waals surface area contributed by atoms with Crippen LogP contribution in [0.2, 0.25) is 0 Å². The number of carbonyl (C=O) groups excluding carboxylic acids is 1. The Hall–Kier alpha value is -2.58. The summed E-state index contributed by atoms with van der Waals surface area (Å²) in [6.45, 7) is 4.83. The smallest absolute Gasteiger partial charge is 0.254 e. The molecule has 1 saturated heterocycles. The SMILES string of the molecule is CCCNS(=O)(=O)c1cc(C(=O)N2CCN(c3ccccc3)CC2)ccc1OC. The fourth-order valence-electron chi connectivity index (χ4n) is 3.32. The van der Waals surface area contributed by atoms with Gasteiger partial charge in [0, 0.05) is 44.0 Å². The molecule has 2 aromatic rings. The van der Waals surface area contributed by atoms with E-state index in [0.29, 0.717) is 31.6 Å². The zero-order chi connectivity index (χ0) is 20.9. The summed E-state index contributed by atoms with van der Waals surface area (Å²) < 4.78 is 32.9. The third-order valence-corrected chi connectivity index (χ3v) is 6.41. The molecule has 0 atom stereocenters. The van der Waals surface area contributed by atoms with Crippen LogP contribution in [0, 0.1) is 0 Å². The lowest BCUT2D eigenvalue weighted by Crippen LogP contribution is -2.48. The molecule has 0 aliphatic carbocycles. The molecular formula is C21H27N3O4S. The number of carbonyl (C=O) groups is 1. The molecule has 1 aliphatic rings. The predicted octanol–water partition coefficient (Wildman–Crippen LogP) is 2.35. The second-order valence-electron chi connectivity index (χ2n) is 6.88. The van der Waals surface area contributed by atoms with Crippen LogP contribution < -0.4 is 14.4 Å². The number of methoxy groups -OCH3 is 1. The number of sulfonamides is 1. The van der Waals surface area contributed by atoms with Crippen LogP contribution in [-0.2, 0) is 10.0 Å². The van der Waals surface area contributed by atoms with Crippen molar-refractivity contribution in [3.63, 3.8) is 0 Å². The first-order valence-electron chi connectivity index (χ1n) is 9.73. The van der Waals surface area contributed by atoms with Crippen LogP contribution in [-0.4, -0.2) is 59.1 Å². The molecule has 0 aromatic heterocycles. The van der Waals surface area contributed by atoms with Crippen molar-refractivity contribution >= 4 is 21.6 Å². The molecule has 1 heterocycles. The highest BCUT2D eigenvalue weighted by Crippen LogP contribution is 2.26. The van der Waals surface area contributed by atoms with Crippen LogP contribution in [0.25, 0.3) is 0 Å². The van der Waals surface area contributed by atoms with Crippen molar-refractivity contribution in [2.75, 3.05) is 44.7 Å². The van der Waals surface area contributed by atoms with Crippen LogP contribution in [0.5, 0.6) is 5.75 Å². The maximum absolute atomic E-state index is 13.0. The van der Waals surface area contributed by atoms with Gasteiger partial charge in [0.25, 0.3) is 5.91 Å². The number of nitrogens with zero attached hydrogens (tertiary/aromatic N) is 2. The van der Waals surface area contributed by atoms with Gasteiger partial charge >= 0.3 is 0 Å². The second-order valence-corrected chi connectivity index (χ2v) is 8.61. The topological polar surface area (TPSA) is 79.0 Å². The molecule has 0 spiro atoms. The molecule has 29 heavy (non-hydrogen) atoms. The van der Waals surface area contributed by atoms with Gasteiger partial charge in [-0.05, 0) is 36.8 Å². The zero-order valence-corrected chi connectivity index (χ0v) is 17.6. The molecule has 1 aliphatic heterocycles. The van der Waals surface area contributed by atoms with E-state index in [1.54, 1.807) is 11.0 Å². The van der Waals surface area contributed by atoms with Gasteiger partial charge in [-0.1, -0.05) is 25.1 Å². The summed E-state index contributed by atoms with van der Waals surface area (Å²) in [6.07, 6.45) is 0.672. The molecule has 3 rings (SSSR count). The van der Waals surface area contributed by atoms with E-state index in [2.05, 4.69) is 21.8 Å². The summed E-state index contributed by atoms with van der Waals surface area (Å²) in [5.41, 5.74) is 1.48. The van der Waals surface area contributed by atoms with E-state index >= 15 is 0 Å². The number of hydrogen-bond acceptors (Lipinski definition) is 5. The molecule has 0 bridgehead atoms. The number of rotatable bonds is 7. The average molecular weight is 418 g/mol. The van der Waals surface area contributed by atoms with Gasteiger partial charge in [0.15, 0.2) is 0 Å². The Bertz CT molecular complexity index is 940. The largest absolute Gasteiger partial charge is 0.495 e. The Balaban J connectivity index is 1.75. The van der Waals surface area contributed by atoms with Crippen LogP contribution >= 0.6 is 0 Å². The van der Waals surface area contributed by atoms with Crippen molar-refractivity contribution in [2.45, 2.75) is 18.2 Å². The normalized spacial score (nSPS) is 14.7. The monoisotopic (exact) mass is 417 g/mol. The quantitative estimate of drug-likeness (QED) is 0.748. The summed E-state index contributed by atoms with van der Waals surface area (Å²) in [4.78, 5) is 17.0.